The second kappa shape index (κ2) is 5.83. The van der Waals surface area contributed by atoms with Crippen molar-refractivity contribution in [2.45, 2.75) is 0 Å². The molecule has 0 aliphatic rings. The number of sulfone groups is 1. The number of carbonyl (C=O) groups is 1. The Kier molecular flexibility index (Phi) is 4.00. The van der Waals surface area contributed by atoms with E-state index >= 15 is 0 Å². The minimum Gasteiger partial charge on any atom is -0.352 e. The summed E-state index contributed by atoms with van der Waals surface area (Å²) in [6, 6.07) is 14.7. The summed E-state index contributed by atoms with van der Waals surface area (Å²) in [6.45, 7) is 0. The maximum Gasteiger partial charge on any atom is 0.194 e. The molecule has 23 heavy (non-hydrogen) atoms. The highest BCUT2D eigenvalue weighted by atomic mass is 35.5. The maximum atomic E-state index is 12.5. The van der Waals surface area contributed by atoms with Crippen molar-refractivity contribution in [1.82, 2.24) is 4.98 Å². The minimum absolute atomic E-state index is 0.291. The highest BCUT2D eigenvalue weighted by Gasteiger charge is 2.22. The van der Waals surface area contributed by atoms with Gasteiger partial charge in [0.1, 0.15) is 5.75 Å². The van der Waals surface area contributed by atoms with E-state index in [1.807, 2.05) is 36.4 Å². The Labute approximate surface area is 139 Å². The quantitative estimate of drug-likeness (QED) is 0.731. The number of hydrogen-bond acceptors (Lipinski definition) is 3. The average molecular weight is 348 g/mol. The zero-order valence-corrected chi connectivity index (χ0v) is 13.9. The highest BCUT2D eigenvalue weighted by molar-refractivity contribution is 7.91. The van der Waals surface area contributed by atoms with Crippen LogP contribution >= 0.6 is 11.6 Å². The molecular weight excluding hydrogens is 334 g/mol. The fraction of sp³-hybridized carbons (Fsp3) is 0.118. The minimum atomic E-state index is -3.41. The molecule has 6 heteroatoms. The molecule has 4 nitrogen and oxygen atoms in total. The van der Waals surface area contributed by atoms with E-state index in [4.69, 9.17) is 11.6 Å². The molecule has 1 heterocycles. The molecule has 0 aliphatic heterocycles. The fourth-order valence-electron chi connectivity index (χ4n) is 2.59. The molecule has 1 N–H and O–H groups in total. The van der Waals surface area contributed by atoms with Gasteiger partial charge < -0.3 is 4.98 Å². The summed E-state index contributed by atoms with van der Waals surface area (Å²) in [5, 5.41) is 1.37. The Hall–Kier alpha value is -2.11. The Balaban J connectivity index is 2.26. The molecule has 118 valence electrons. The van der Waals surface area contributed by atoms with Crippen LogP contribution in [0, 0.1) is 0 Å². The SMILES string of the molecule is CS(=O)(=O)CC(=O)c1[nH]c2cc(Cl)ccc2c1-c1ccccc1. The number of aromatic amines is 1. The first-order valence-electron chi connectivity index (χ1n) is 6.93. The molecule has 0 fully saturated rings. The topological polar surface area (TPSA) is 67.0 Å². The number of Topliss-reactive ketones (excluding diaryl/α,β-unsaturated/α-hetero) is 1. The van der Waals surface area contributed by atoms with Gasteiger partial charge in [-0.2, -0.15) is 0 Å². The van der Waals surface area contributed by atoms with Crippen LogP contribution < -0.4 is 0 Å². The number of nitrogens with one attached hydrogen (secondary N) is 1. The van der Waals surface area contributed by atoms with Crippen molar-refractivity contribution in [1.29, 1.82) is 0 Å². The van der Waals surface area contributed by atoms with Crippen LogP contribution in [0.15, 0.2) is 48.5 Å². The number of halogens is 1. The lowest BCUT2D eigenvalue weighted by Gasteiger charge is -2.04. The molecule has 3 rings (SSSR count). The van der Waals surface area contributed by atoms with Gasteiger partial charge in [-0.05, 0) is 17.7 Å². The number of rotatable bonds is 4. The second-order valence-electron chi connectivity index (χ2n) is 5.42. The molecule has 0 saturated carbocycles. The van der Waals surface area contributed by atoms with Crippen LogP contribution in [0.2, 0.25) is 5.02 Å². The lowest BCUT2D eigenvalue weighted by Crippen LogP contribution is -2.15. The first-order chi connectivity index (χ1) is 10.8. The zero-order valence-electron chi connectivity index (χ0n) is 12.3. The molecule has 0 spiro atoms. The Morgan fingerprint density at radius 3 is 2.48 bits per heavy atom. The summed E-state index contributed by atoms with van der Waals surface area (Å²) in [5.41, 5.74) is 2.54. The monoisotopic (exact) mass is 347 g/mol. The van der Waals surface area contributed by atoms with Crippen LogP contribution in [0.25, 0.3) is 22.0 Å². The van der Waals surface area contributed by atoms with E-state index in [1.54, 1.807) is 12.1 Å². The molecule has 0 saturated heterocycles. The van der Waals surface area contributed by atoms with Gasteiger partial charge in [0.05, 0.1) is 5.69 Å². The van der Waals surface area contributed by atoms with Crippen molar-refractivity contribution >= 4 is 38.1 Å². The lowest BCUT2D eigenvalue weighted by molar-refractivity contribution is 0.101. The smallest absolute Gasteiger partial charge is 0.194 e. The summed E-state index contributed by atoms with van der Waals surface area (Å²) < 4.78 is 23.0. The number of fused-ring (bicyclic) bond motifs is 1. The van der Waals surface area contributed by atoms with Crippen LogP contribution in [0.4, 0.5) is 0 Å². The predicted octanol–water partition coefficient (Wildman–Crippen LogP) is 3.72. The van der Waals surface area contributed by atoms with Crippen molar-refractivity contribution in [3.05, 3.63) is 59.2 Å². The zero-order chi connectivity index (χ0) is 16.6. The molecule has 0 unspecified atom stereocenters. The average Bonchev–Trinajstić information content (AvgIpc) is 2.85. The van der Waals surface area contributed by atoms with E-state index in [0.29, 0.717) is 21.8 Å². The third-order valence-corrected chi connectivity index (χ3v) is 4.52. The Bertz CT molecular complexity index is 991. The van der Waals surface area contributed by atoms with Crippen LogP contribution in [-0.4, -0.2) is 31.2 Å². The van der Waals surface area contributed by atoms with Gasteiger partial charge in [-0.1, -0.05) is 48.0 Å². The van der Waals surface area contributed by atoms with Gasteiger partial charge in [0.15, 0.2) is 15.6 Å². The van der Waals surface area contributed by atoms with Gasteiger partial charge in [-0.3, -0.25) is 4.79 Å². The molecule has 0 radical (unpaired) electrons. The first-order valence-corrected chi connectivity index (χ1v) is 9.36. The fourth-order valence-corrected chi connectivity index (χ4v) is 3.39. The van der Waals surface area contributed by atoms with Gasteiger partial charge >= 0.3 is 0 Å². The maximum absolute atomic E-state index is 12.5. The van der Waals surface area contributed by atoms with Crippen molar-refractivity contribution < 1.29 is 13.2 Å². The normalized spacial score (nSPS) is 11.7. The standard InChI is InChI=1S/C17H14ClNO3S/c1-23(21,22)10-15(20)17-16(11-5-3-2-4-6-11)13-8-7-12(18)9-14(13)19-17/h2-9,19H,10H2,1H3. The van der Waals surface area contributed by atoms with E-state index < -0.39 is 21.4 Å². The molecule has 3 aromatic rings. The summed E-state index contributed by atoms with van der Waals surface area (Å²) in [5.74, 6) is -0.994. The highest BCUT2D eigenvalue weighted by Crippen LogP contribution is 2.34. The number of hydrogen-bond donors (Lipinski definition) is 1. The first kappa shape index (κ1) is 15.8. The lowest BCUT2D eigenvalue weighted by atomic mass is 10.0. The Morgan fingerprint density at radius 1 is 1.13 bits per heavy atom. The third-order valence-electron chi connectivity index (χ3n) is 3.50. The molecule has 0 aliphatic carbocycles. The third kappa shape index (κ3) is 3.30. The van der Waals surface area contributed by atoms with Crippen molar-refractivity contribution in [3.63, 3.8) is 0 Å². The number of aromatic nitrogens is 1. The summed E-state index contributed by atoms with van der Waals surface area (Å²) >= 11 is 6.01. The van der Waals surface area contributed by atoms with E-state index in [0.717, 1.165) is 17.2 Å². The van der Waals surface area contributed by atoms with E-state index in [1.165, 1.54) is 0 Å². The Morgan fingerprint density at radius 2 is 1.83 bits per heavy atom. The molecule has 0 bridgehead atoms. The molecule has 1 aromatic heterocycles. The van der Waals surface area contributed by atoms with Gasteiger partial charge in [-0.15, -0.1) is 0 Å². The summed E-state index contributed by atoms with van der Waals surface area (Å²) in [7, 11) is -3.41. The number of H-pyrrole nitrogens is 1. The predicted molar refractivity (Wildman–Crippen MR) is 92.8 cm³/mol. The van der Waals surface area contributed by atoms with Gasteiger partial charge in [0.25, 0.3) is 0 Å². The van der Waals surface area contributed by atoms with Crippen molar-refractivity contribution in [2.75, 3.05) is 12.0 Å². The molecule has 0 atom stereocenters. The number of ketones is 1. The second-order valence-corrected chi connectivity index (χ2v) is 8.00. The van der Waals surface area contributed by atoms with Crippen LogP contribution in [0.3, 0.4) is 0 Å². The summed E-state index contributed by atoms with van der Waals surface area (Å²) in [6.07, 6.45) is 1.05. The van der Waals surface area contributed by atoms with Crippen LogP contribution in [0.5, 0.6) is 0 Å². The number of benzene rings is 2. The van der Waals surface area contributed by atoms with E-state index in [2.05, 4.69) is 4.98 Å². The van der Waals surface area contributed by atoms with Crippen LogP contribution in [0.1, 0.15) is 10.5 Å². The van der Waals surface area contributed by atoms with Crippen molar-refractivity contribution in [3.8, 4) is 11.1 Å². The van der Waals surface area contributed by atoms with E-state index in [-0.39, 0.29) is 0 Å². The van der Waals surface area contributed by atoms with Gasteiger partial charge in [-0.25, -0.2) is 8.42 Å². The van der Waals surface area contributed by atoms with E-state index in [9.17, 15) is 13.2 Å². The molecular formula is C17H14ClNO3S. The number of carbonyl (C=O) groups excluding carboxylic acids is 1. The largest absolute Gasteiger partial charge is 0.352 e. The van der Waals surface area contributed by atoms with Crippen LogP contribution in [-0.2, 0) is 9.84 Å². The van der Waals surface area contributed by atoms with Gasteiger partial charge in [0.2, 0.25) is 0 Å². The van der Waals surface area contributed by atoms with Crippen molar-refractivity contribution in [2.24, 2.45) is 0 Å². The molecule has 0 amide bonds. The van der Waals surface area contributed by atoms with Gasteiger partial charge in [0, 0.05) is 27.7 Å². The molecule has 2 aromatic carbocycles. The summed E-state index contributed by atoms with van der Waals surface area (Å²) in [4.78, 5) is 15.5.